The maximum absolute atomic E-state index is 14.1. The lowest BCUT2D eigenvalue weighted by Gasteiger charge is -2.48. The average Bonchev–Trinajstić information content (AvgIpc) is 3.89. The minimum absolute atomic E-state index is 0.0664. The van der Waals surface area contributed by atoms with Crippen molar-refractivity contribution in [2.45, 2.75) is 109 Å². The number of ether oxygens (including phenoxy) is 1. The van der Waals surface area contributed by atoms with Gasteiger partial charge in [0.15, 0.2) is 0 Å². The van der Waals surface area contributed by atoms with Crippen LogP contribution in [-0.2, 0) is 28.9 Å². The first kappa shape index (κ1) is 43.1. The third-order valence-electron chi connectivity index (χ3n) is 15.3. The Labute approximate surface area is 420 Å². The number of piperazine rings is 1. The van der Waals surface area contributed by atoms with Gasteiger partial charge in [0.1, 0.15) is 23.4 Å². The van der Waals surface area contributed by atoms with Crippen LogP contribution in [0, 0.1) is 0 Å². The van der Waals surface area contributed by atoms with Gasteiger partial charge in [-0.15, -0.1) is 11.3 Å². The number of fused-ring (bicyclic) bond motifs is 4. The molecule has 3 fully saturated rings. The summed E-state index contributed by atoms with van der Waals surface area (Å²) in [4.78, 5) is 91.1. The first-order valence-corrected chi connectivity index (χ1v) is 25.5. The molecule has 17 nitrogen and oxygen atoms in total. The van der Waals surface area contributed by atoms with Gasteiger partial charge in [0.05, 0.1) is 45.1 Å². The van der Waals surface area contributed by atoms with Crippen LogP contribution in [0.5, 0.6) is 5.88 Å². The van der Waals surface area contributed by atoms with Gasteiger partial charge in [-0.2, -0.15) is 0 Å². The number of amides is 5. The number of thiophene rings is 1. The molecule has 4 aromatic heterocycles. The van der Waals surface area contributed by atoms with Crippen LogP contribution < -0.4 is 30.1 Å². The summed E-state index contributed by atoms with van der Waals surface area (Å²) in [6.45, 7) is 9.67. The van der Waals surface area contributed by atoms with E-state index < -0.39 is 42.8 Å². The van der Waals surface area contributed by atoms with E-state index in [-0.39, 0.29) is 53.5 Å². The van der Waals surface area contributed by atoms with Crippen molar-refractivity contribution in [3.63, 3.8) is 0 Å². The highest BCUT2D eigenvalue weighted by molar-refractivity contribution is 7.14. The number of rotatable bonds is 10. The molecule has 1 aliphatic carbocycles. The normalized spacial score (nSPS) is 23.9. The molecular weight excluding hydrogens is 921 g/mol. The molecule has 2 unspecified atom stereocenters. The van der Waals surface area contributed by atoms with E-state index in [9.17, 15) is 29.1 Å². The second-order valence-electron chi connectivity index (χ2n) is 19.6. The molecule has 5 atom stereocenters. The molecule has 0 saturated carbocycles. The van der Waals surface area contributed by atoms with Gasteiger partial charge >= 0.3 is 0 Å². The number of aromatic nitrogens is 3. The van der Waals surface area contributed by atoms with Crippen molar-refractivity contribution in [3.05, 3.63) is 98.6 Å². The van der Waals surface area contributed by atoms with E-state index >= 15 is 0 Å². The minimum Gasteiger partial charge on any atom is -0.480 e. The molecule has 368 valence electrons. The fourth-order valence-electron chi connectivity index (χ4n) is 11.8. The molecule has 18 heteroatoms. The van der Waals surface area contributed by atoms with Gasteiger partial charge in [0.25, 0.3) is 17.7 Å². The Hall–Kier alpha value is -6.76. The monoisotopic (exact) mass is 981 g/mol. The number of carbonyl (C=O) groups excluding carboxylic acids is 5. The Balaban J connectivity index is 0.753. The van der Waals surface area contributed by atoms with E-state index in [0.717, 1.165) is 91.4 Å². The molecule has 71 heavy (non-hydrogen) atoms. The number of benzene rings is 1. The summed E-state index contributed by atoms with van der Waals surface area (Å²) in [5, 5.41) is 16.8. The van der Waals surface area contributed by atoms with Crippen LogP contribution in [0.3, 0.4) is 0 Å². The summed E-state index contributed by atoms with van der Waals surface area (Å²) in [6.07, 6.45) is 10.8. The predicted molar refractivity (Wildman–Crippen MR) is 270 cm³/mol. The molecule has 0 radical (unpaired) electrons. The third-order valence-corrected chi connectivity index (χ3v) is 16.7. The molecule has 6 aliphatic rings. The van der Waals surface area contributed by atoms with Crippen LogP contribution in [0.15, 0.2) is 61.1 Å². The number of nitrogens with one attached hydrogen (secondary N) is 2. The van der Waals surface area contributed by atoms with Gasteiger partial charge < -0.3 is 25.0 Å². The van der Waals surface area contributed by atoms with Crippen LogP contribution in [0.1, 0.15) is 121 Å². The van der Waals surface area contributed by atoms with E-state index in [0.29, 0.717) is 47.3 Å². The van der Waals surface area contributed by atoms with Gasteiger partial charge in [-0.25, -0.2) is 15.0 Å². The van der Waals surface area contributed by atoms with Crippen LogP contribution in [0.2, 0.25) is 0 Å². The minimum atomic E-state index is -2.80. The van der Waals surface area contributed by atoms with Crippen molar-refractivity contribution >= 4 is 69.6 Å². The molecule has 5 aliphatic heterocycles. The Morgan fingerprint density at radius 1 is 0.817 bits per heavy atom. The standard InChI is InChI=1S/C53H58N10O7S/c1-29-23-33(16-19-60(29)34-9-11-39-40(25-34)52(68)63(51(39)67)42-12-14-45(65)58-49(42)66)59-21-22-61(30(2)28-59)35-10-13-44(55-27-35)57-41-24-32(26-56-50(41)70-4)36-15-18-54-48(46(36)31(3)64)62-20-17-38-37-7-5-6-8-43(37)71-47(38)53(62)69/h9-11,13,15,18,24-27,29-31,33,42,64H,5-8,12,14,16-17,19-23,28H2,1-4H3,(H,55,57)(H,58,65,66)/t29-,30+,31+,33?,42?/m1/s1/i4D3. The zero-order chi connectivity index (χ0) is 51.7. The second kappa shape index (κ2) is 18.8. The van der Waals surface area contributed by atoms with Crippen molar-refractivity contribution in [2.75, 3.05) is 59.8 Å². The number of aliphatic hydroxyl groups is 1. The number of piperidine rings is 2. The lowest BCUT2D eigenvalue weighted by molar-refractivity contribution is -0.136. The fraction of sp³-hybridized carbons (Fsp3) is 0.434. The maximum Gasteiger partial charge on any atom is 0.269 e. The lowest BCUT2D eigenvalue weighted by Crippen LogP contribution is -2.58. The highest BCUT2D eigenvalue weighted by atomic mass is 32.1. The Bertz CT molecular complexity index is 3090. The highest BCUT2D eigenvalue weighted by Gasteiger charge is 2.45. The number of carbonyl (C=O) groups is 5. The zero-order valence-corrected chi connectivity index (χ0v) is 40.8. The van der Waals surface area contributed by atoms with E-state index in [1.807, 2.05) is 18.2 Å². The number of anilines is 5. The molecule has 5 amide bonds. The third kappa shape index (κ3) is 8.38. The topological polar surface area (TPSA) is 194 Å². The van der Waals surface area contributed by atoms with Crippen molar-refractivity contribution in [2.24, 2.45) is 0 Å². The average molecular weight is 982 g/mol. The maximum atomic E-state index is 14.1. The Morgan fingerprint density at radius 2 is 1.63 bits per heavy atom. The number of hydrogen-bond donors (Lipinski definition) is 3. The summed E-state index contributed by atoms with van der Waals surface area (Å²) in [5.74, 6) is -1.54. The van der Waals surface area contributed by atoms with E-state index in [2.05, 4.69) is 49.1 Å². The van der Waals surface area contributed by atoms with E-state index in [4.69, 9.17) is 13.8 Å². The molecule has 0 spiro atoms. The van der Waals surface area contributed by atoms with Crippen molar-refractivity contribution < 1.29 is 37.9 Å². The van der Waals surface area contributed by atoms with Gasteiger partial charge in [0, 0.05) is 91.4 Å². The Kier molecular flexibility index (Phi) is 11.4. The van der Waals surface area contributed by atoms with Gasteiger partial charge in [-0.1, -0.05) is 0 Å². The zero-order valence-electron chi connectivity index (χ0n) is 42.9. The summed E-state index contributed by atoms with van der Waals surface area (Å²) >= 11 is 1.59. The predicted octanol–water partition coefficient (Wildman–Crippen LogP) is 6.46. The summed E-state index contributed by atoms with van der Waals surface area (Å²) < 4.78 is 29.0. The molecule has 11 rings (SSSR count). The van der Waals surface area contributed by atoms with Gasteiger partial charge in [0.2, 0.25) is 17.7 Å². The molecule has 5 aromatic rings. The van der Waals surface area contributed by atoms with Crippen LogP contribution in [0.4, 0.5) is 28.7 Å². The van der Waals surface area contributed by atoms with E-state index in [1.165, 1.54) is 16.6 Å². The molecule has 1 aromatic carbocycles. The summed E-state index contributed by atoms with van der Waals surface area (Å²) in [6, 6.07) is 12.2. The number of hydrogen-bond acceptors (Lipinski definition) is 15. The number of imide groups is 2. The van der Waals surface area contributed by atoms with Crippen LogP contribution in [0.25, 0.3) is 11.1 Å². The van der Waals surface area contributed by atoms with Gasteiger partial charge in [-0.05, 0) is 131 Å². The highest BCUT2D eigenvalue weighted by Crippen LogP contribution is 2.42. The van der Waals surface area contributed by atoms with Gasteiger partial charge in [-0.3, -0.25) is 44.0 Å². The smallest absolute Gasteiger partial charge is 0.269 e. The number of aryl methyl sites for hydroxylation is 1. The molecule has 9 heterocycles. The van der Waals surface area contributed by atoms with Crippen LogP contribution in [-0.4, -0.2) is 123 Å². The first-order chi connectivity index (χ1) is 35.5. The van der Waals surface area contributed by atoms with Crippen LogP contribution >= 0.6 is 11.3 Å². The second-order valence-corrected chi connectivity index (χ2v) is 20.7. The first-order valence-electron chi connectivity index (χ1n) is 26.2. The Morgan fingerprint density at radius 3 is 2.41 bits per heavy atom. The SMILES string of the molecule is [2H]C([2H])([2H])Oc1ncc(-c2ccnc(N3CCc4c(sc5c4CCCC5)C3=O)c2[C@H](C)O)cc1Nc1ccc(N2CCN(C3CCN(c4ccc5c(c4)C(=O)N(C4CCC(=O)NC4=O)C5=O)[C@H](C)C3)C[C@@H]2C)cn1. The number of aliphatic hydroxyl groups excluding tert-OH is 1. The number of methoxy groups -OCH3 is 1. The largest absolute Gasteiger partial charge is 0.480 e. The number of nitrogens with zero attached hydrogens (tertiary/aromatic N) is 8. The van der Waals surface area contributed by atoms with Crippen molar-refractivity contribution in [1.82, 2.24) is 30.1 Å². The number of pyridine rings is 3. The lowest BCUT2D eigenvalue weighted by atomic mass is 9.91. The molecule has 3 saturated heterocycles. The molecule has 3 N–H and O–H groups in total. The molecular formula is C53H58N10O7S. The summed E-state index contributed by atoms with van der Waals surface area (Å²) in [7, 11) is -2.80. The van der Waals surface area contributed by atoms with Crippen molar-refractivity contribution in [3.8, 4) is 17.0 Å². The summed E-state index contributed by atoms with van der Waals surface area (Å²) in [5.41, 5.74) is 6.65. The fourth-order valence-corrected chi connectivity index (χ4v) is 13.2. The molecule has 0 bridgehead atoms. The quantitative estimate of drug-likeness (QED) is 0.129. The van der Waals surface area contributed by atoms with Crippen molar-refractivity contribution in [1.29, 1.82) is 0 Å². The van der Waals surface area contributed by atoms with E-state index in [1.54, 1.807) is 59.8 Å².